The minimum Gasteiger partial charge on any atom is -0.508 e. The molecule has 1 atom stereocenters. The lowest BCUT2D eigenvalue weighted by atomic mass is 10.00. The summed E-state index contributed by atoms with van der Waals surface area (Å²) in [6.45, 7) is 0. The van der Waals surface area contributed by atoms with E-state index in [1.54, 1.807) is 31.4 Å². The van der Waals surface area contributed by atoms with Crippen molar-refractivity contribution in [2.24, 2.45) is 0 Å². The summed E-state index contributed by atoms with van der Waals surface area (Å²) in [4.78, 5) is 12.1. The van der Waals surface area contributed by atoms with Crippen LogP contribution in [0.3, 0.4) is 0 Å². The molecule has 0 aliphatic rings. The number of Topliss-reactive ketones (excluding diaryl/α,β-unsaturated/α-hetero) is 1. The Morgan fingerprint density at radius 2 is 1.42 bits per heavy atom. The van der Waals surface area contributed by atoms with Crippen LogP contribution in [-0.2, 0) is 22.4 Å². The summed E-state index contributed by atoms with van der Waals surface area (Å²) >= 11 is 0. The first kappa shape index (κ1) is 18.0. The maximum absolute atomic E-state index is 12.1. The highest BCUT2D eigenvalue weighted by molar-refractivity contribution is 5.79. The zero-order valence-electron chi connectivity index (χ0n) is 13.9. The Morgan fingerprint density at radius 3 is 1.92 bits per heavy atom. The van der Waals surface area contributed by atoms with Crippen LogP contribution in [0.15, 0.2) is 48.5 Å². The average molecular weight is 328 g/mol. The molecule has 0 bridgehead atoms. The Morgan fingerprint density at radius 1 is 0.917 bits per heavy atom. The van der Waals surface area contributed by atoms with Crippen molar-refractivity contribution in [3.63, 3.8) is 0 Å². The van der Waals surface area contributed by atoms with Crippen LogP contribution in [0.5, 0.6) is 11.5 Å². The van der Waals surface area contributed by atoms with Gasteiger partial charge in [0, 0.05) is 20.0 Å². The molecule has 0 saturated carbocycles. The second-order valence-corrected chi connectivity index (χ2v) is 5.97. The number of carbonyl (C=O) groups excluding carboxylic acids is 1. The second kappa shape index (κ2) is 9.08. The molecule has 0 saturated heterocycles. The van der Waals surface area contributed by atoms with Gasteiger partial charge in [-0.3, -0.25) is 4.79 Å². The van der Waals surface area contributed by atoms with Gasteiger partial charge in [-0.15, -0.1) is 0 Å². The molecule has 0 aromatic heterocycles. The first-order valence-corrected chi connectivity index (χ1v) is 8.17. The minimum absolute atomic E-state index is 0.0916. The van der Waals surface area contributed by atoms with Crippen LogP contribution >= 0.6 is 0 Å². The van der Waals surface area contributed by atoms with Crippen molar-refractivity contribution in [1.82, 2.24) is 0 Å². The smallest absolute Gasteiger partial charge is 0.135 e. The number of phenols is 2. The number of aromatic hydroxyl groups is 2. The van der Waals surface area contributed by atoms with Gasteiger partial charge >= 0.3 is 0 Å². The summed E-state index contributed by atoms with van der Waals surface area (Å²) in [6.07, 6.45) is 3.05. The number of benzene rings is 2. The minimum atomic E-state index is -0.0916. The average Bonchev–Trinajstić information content (AvgIpc) is 2.59. The number of aryl methyl sites for hydroxylation is 2. The third-order valence-electron chi connectivity index (χ3n) is 4.11. The van der Waals surface area contributed by atoms with Crippen molar-refractivity contribution in [3.8, 4) is 11.5 Å². The summed E-state index contributed by atoms with van der Waals surface area (Å²) in [5, 5.41) is 18.5. The Labute approximate surface area is 142 Å². The molecule has 2 aromatic rings. The molecule has 2 N–H and O–H groups in total. The zero-order valence-corrected chi connectivity index (χ0v) is 13.9. The van der Waals surface area contributed by atoms with Crippen LogP contribution in [0.25, 0.3) is 0 Å². The molecule has 0 heterocycles. The fourth-order valence-electron chi connectivity index (χ4n) is 2.60. The number of methoxy groups -OCH3 is 1. The van der Waals surface area contributed by atoms with Crippen molar-refractivity contribution in [2.75, 3.05) is 7.11 Å². The molecule has 0 spiro atoms. The van der Waals surface area contributed by atoms with E-state index in [0.717, 1.165) is 24.0 Å². The predicted molar refractivity (Wildman–Crippen MR) is 93.3 cm³/mol. The van der Waals surface area contributed by atoms with Crippen LogP contribution in [0.2, 0.25) is 0 Å². The largest absolute Gasteiger partial charge is 0.508 e. The number of ketones is 1. The molecular formula is C20H24O4. The fourth-order valence-corrected chi connectivity index (χ4v) is 2.60. The summed E-state index contributed by atoms with van der Waals surface area (Å²) in [5.41, 5.74) is 2.16. The lowest BCUT2D eigenvalue weighted by Gasteiger charge is -2.14. The van der Waals surface area contributed by atoms with Gasteiger partial charge in [0.2, 0.25) is 0 Å². The number of carbonyl (C=O) groups is 1. The highest BCUT2D eigenvalue weighted by atomic mass is 16.5. The summed E-state index contributed by atoms with van der Waals surface area (Å²) in [6, 6.07) is 14.0. The standard InChI is InChI=1S/C20H24O4/c1-24-20(13-7-16-4-10-18(22)11-5-16)14-19(23)12-6-15-2-8-17(21)9-3-15/h2-5,8-11,20-22H,6-7,12-14H2,1H3/t20-/m1/s1. The Balaban J connectivity index is 1.75. The zero-order chi connectivity index (χ0) is 17.4. The highest BCUT2D eigenvalue weighted by Crippen LogP contribution is 2.16. The molecule has 24 heavy (non-hydrogen) atoms. The van der Waals surface area contributed by atoms with E-state index in [1.165, 1.54) is 0 Å². The number of phenolic OH excluding ortho intramolecular Hbond substituents is 2. The predicted octanol–water partition coefficient (Wildman–Crippen LogP) is 3.64. The van der Waals surface area contributed by atoms with Gasteiger partial charge in [-0.2, -0.15) is 0 Å². The highest BCUT2D eigenvalue weighted by Gasteiger charge is 2.13. The summed E-state index contributed by atoms with van der Waals surface area (Å²) < 4.78 is 5.43. The van der Waals surface area contributed by atoms with Gasteiger partial charge < -0.3 is 14.9 Å². The van der Waals surface area contributed by atoms with Gasteiger partial charge in [0.1, 0.15) is 17.3 Å². The lowest BCUT2D eigenvalue weighted by Crippen LogP contribution is -2.17. The number of ether oxygens (including phenoxy) is 1. The molecule has 4 heteroatoms. The maximum atomic E-state index is 12.1. The summed E-state index contributed by atoms with van der Waals surface area (Å²) in [7, 11) is 1.63. The molecule has 0 amide bonds. The van der Waals surface area contributed by atoms with Crippen molar-refractivity contribution in [1.29, 1.82) is 0 Å². The van der Waals surface area contributed by atoms with Crippen LogP contribution in [0.4, 0.5) is 0 Å². The molecule has 2 aromatic carbocycles. The normalized spacial score (nSPS) is 12.0. The monoisotopic (exact) mass is 328 g/mol. The topological polar surface area (TPSA) is 66.8 Å². The first-order valence-electron chi connectivity index (χ1n) is 8.17. The van der Waals surface area contributed by atoms with Gasteiger partial charge in [0.15, 0.2) is 0 Å². The van der Waals surface area contributed by atoms with Gasteiger partial charge in [-0.1, -0.05) is 24.3 Å². The van der Waals surface area contributed by atoms with Crippen molar-refractivity contribution in [2.45, 2.75) is 38.2 Å². The number of hydrogen-bond acceptors (Lipinski definition) is 4. The third-order valence-corrected chi connectivity index (χ3v) is 4.11. The third kappa shape index (κ3) is 6.05. The molecule has 128 valence electrons. The van der Waals surface area contributed by atoms with Gasteiger partial charge in [-0.25, -0.2) is 0 Å². The van der Waals surface area contributed by atoms with Gasteiger partial charge in [0.05, 0.1) is 6.10 Å². The number of rotatable bonds is 9. The molecule has 0 unspecified atom stereocenters. The van der Waals surface area contributed by atoms with Crippen LogP contribution in [0, 0.1) is 0 Å². The Bertz CT molecular complexity index is 632. The van der Waals surface area contributed by atoms with Crippen LogP contribution in [-0.4, -0.2) is 29.2 Å². The van der Waals surface area contributed by atoms with Crippen molar-refractivity contribution >= 4 is 5.78 Å². The van der Waals surface area contributed by atoms with E-state index < -0.39 is 0 Å². The van der Waals surface area contributed by atoms with Crippen LogP contribution < -0.4 is 0 Å². The van der Waals surface area contributed by atoms with E-state index in [9.17, 15) is 15.0 Å². The van der Waals surface area contributed by atoms with Crippen molar-refractivity contribution in [3.05, 3.63) is 59.7 Å². The quantitative estimate of drug-likeness (QED) is 0.737. The van der Waals surface area contributed by atoms with Crippen LogP contribution in [0.1, 0.15) is 30.4 Å². The molecule has 4 nitrogen and oxygen atoms in total. The van der Waals surface area contributed by atoms with Crippen molar-refractivity contribution < 1.29 is 19.7 Å². The van der Waals surface area contributed by atoms with E-state index in [4.69, 9.17) is 4.74 Å². The molecule has 0 aliphatic carbocycles. The Kier molecular flexibility index (Phi) is 6.82. The summed E-state index contributed by atoms with van der Waals surface area (Å²) in [5.74, 6) is 0.672. The van der Waals surface area contributed by atoms with Gasteiger partial charge in [-0.05, 0) is 54.7 Å². The molecular weight excluding hydrogens is 304 g/mol. The lowest BCUT2D eigenvalue weighted by molar-refractivity contribution is -0.121. The van der Waals surface area contributed by atoms with Gasteiger partial charge in [0.25, 0.3) is 0 Å². The molecule has 0 aliphatic heterocycles. The van der Waals surface area contributed by atoms with E-state index in [2.05, 4.69) is 0 Å². The SMILES string of the molecule is CO[C@H](CCc1ccc(O)cc1)CC(=O)CCc1ccc(O)cc1. The Hall–Kier alpha value is -2.33. The maximum Gasteiger partial charge on any atom is 0.135 e. The van der Waals surface area contributed by atoms with E-state index in [1.807, 2.05) is 24.3 Å². The molecule has 0 fully saturated rings. The first-order chi connectivity index (χ1) is 11.6. The van der Waals surface area contributed by atoms with E-state index in [0.29, 0.717) is 19.3 Å². The van der Waals surface area contributed by atoms with E-state index >= 15 is 0 Å². The fraction of sp³-hybridized carbons (Fsp3) is 0.350. The second-order valence-electron chi connectivity index (χ2n) is 5.97. The van der Waals surface area contributed by atoms with E-state index in [-0.39, 0.29) is 23.4 Å². The molecule has 2 rings (SSSR count). The molecule has 0 radical (unpaired) electrons. The number of hydrogen-bond donors (Lipinski definition) is 2.